The molecule has 1 aliphatic heterocycles. The van der Waals surface area contributed by atoms with E-state index in [0.717, 1.165) is 18.8 Å². The molecule has 0 spiro atoms. The normalized spacial score (nSPS) is 21.5. The largest absolute Gasteiger partial charge is 0.392 e. The van der Waals surface area contributed by atoms with Gasteiger partial charge in [-0.15, -0.1) is 0 Å². The Labute approximate surface area is 114 Å². The Morgan fingerprint density at radius 1 is 1.21 bits per heavy atom. The minimum Gasteiger partial charge on any atom is -0.392 e. The number of anilines is 1. The van der Waals surface area contributed by atoms with Crippen LogP contribution in [0.25, 0.3) is 0 Å². The molecule has 1 aromatic rings. The molecule has 4 heteroatoms. The molecule has 1 aromatic carbocycles. The molecule has 1 N–H and O–H groups in total. The molecule has 106 valence electrons. The molecule has 0 bridgehead atoms. The van der Waals surface area contributed by atoms with Gasteiger partial charge in [0.2, 0.25) is 0 Å². The third kappa shape index (κ3) is 3.25. The summed E-state index contributed by atoms with van der Waals surface area (Å²) in [4.78, 5) is 2.16. The second-order valence-corrected chi connectivity index (χ2v) is 6.41. The van der Waals surface area contributed by atoms with Crippen molar-refractivity contribution in [3.8, 4) is 0 Å². The molecule has 1 aliphatic rings. The van der Waals surface area contributed by atoms with Crippen LogP contribution in [-0.4, -0.2) is 29.4 Å². The number of morpholine rings is 1. The summed E-state index contributed by atoms with van der Waals surface area (Å²) in [5.74, 6) is -0.320. The average molecular weight is 267 g/mol. The Bertz CT molecular complexity index is 455. The van der Waals surface area contributed by atoms with Gasteiger partial charge in [0.25, 0.3) is 0 Å². The van der Waals surface area contributed by atoms with Gasteiger partial charge >= 0.3 is 0 Å². The number of nitrogens with zero attached hydrogens (tertiary/aromatic N) is 1. The molecule has 0 amide bonds. The third-order valence-electron chi connectivity index (χ3n) is 3.25. The van der Waals surface area contributed by atoms with E-state index < -0.39 is 0 Å². The first-order valence-corrected chi connectivity index (χ1v) is 6.57. The summed E-state index contributed by atoms with van der Waals surface area (Å²) in [6.07, 6.45) is 0. The van der Waals surface area contributed by atoms with Crippen molar-refractivity contribution in [3.63, 3.8) is 0 Å². The number of aliphatic hydroxyl groups excluding tert-OH is 1. The molecule has 2 rings (SSSR count). The molecule has 0 atom stereocenters. The smallest absolute Gasteiger partial charge is 0.123 e. The first kappa shape index (κ1) is 14.3. The third-order valence-corrected chi connectivity index (χ3v) is 3.25. The SMILES string of the molecule is CC1(C)CN(c2ccc(F)cc2CO)CC(C)(C)O1. The van der Waals surface area contributed by atoms with Crippen LogP contribution in [0.15, 0.2) is 18.2 Å². The van der Waals surface area contributed by atoms with Gasteiger partial charge in [-0.1, -0.05) is 0 Å². The van der Waals surface area contributed by atoms with Crippen molar-refractivity contribution < 1.29 is 14.2 Å². The molecule has 0 unspecified atom stereocenters. The Morgan fingerprint density at radius 3 is 2.32 bits per heavy atom. The highest BCUT2D eigenvalue weighted by Gasteiger charge is 2.38. The lowest BCUT2D eigenvalue weighted by atomic mass is 9.97. The van der Waals surface area contributed by atoms with Crippen molar-refractivity contribution in [3.05, 3.63) is 29.6 Å². The Hall–Kier alpha value is -1.13. The van der Waals surface area contributed by atoms with Crippen LogP contribution in [0.1, 0.15) is 33.3 Å². The number of aliphatic hydroxyl groups is 1. The van der Waals surface area contributed by atoms with Crippen LogP contribution in [0.3, 0.4) is 0 Å². The predicted molar refractivity (Wildman–Crippen MR) is 73.8 cm³/mol. The number of hydrogen-bond acceptors (Lipinski definition) is 3. The van der Waals surface area contributed by atoms with E-state index in [1.165, 1.54) is 12.1 Å². The summed E-state index contributed by atoms with van der Waals surface area (Å²) in [6.45, 7) is 9.45. The van der Waals surface area contributed by atoms with Gasteiger partial charge in [-0.25, -0.2) is 4.39 Å². The van der Waals surface area contributed by atoms with Crippen LogP contribution in [0.4, 0.5) is 10.1 Å². The summed E-state index contributed by atoms with van der Waals surface area (Å²) in [5, 5.41) is 9.41. The van der Waals surface area contributed by atoms with Crippen LogP contribution in [0.5, 0.6) is 0 Å². The van der Waals surface area contributed by atoms with Crippen molar-refractivity contribution in [2.75, 3.05) is 18.0 Å². The fourth-order valence-electron chi connectivity index (χ4n) is 2.95. The Morgan fingerprint density at radius 2 is 1.79 bits per heavy atom. The minimum atomic E-state index is -0.320. The fraction of sp³-hybridized carbons (Fsp3) is 0.600. The summed E-state index contributed by atoms with van der Waals surface area (Å²) in [6, 6.07) is 4.56. The van der Waals surface area contributed by atoms with Gasteiger partial charge in [0, 0.05) is 24.3 Å². The average Bonchev–Trinajstić information content (AvgIpc) is 2.24. The lowest BCUT2D eigenvalue weighted by Gasteiger charge is -2.48. The first-order chi connectivity index (χ1) is 8.72. The van der Waals surface area contributed by atoms with Crippen molar-refractivity contribution in [1.29, 1.82) is 0 Å². The summed E-state index contributed by atoms with van der Waals surface area (Å²) < 4.78 is 19.3. The summed E-state index contributed by atoms with van der Waals surface area (Å²) in [7, 11) is 0. The first-order valence-electron chi connectivity index (χ1n) is 6.57. The number of hydrogen-bond donors (Lipinski definition) is 1. The highest BCUT2D eigenvalue weighted by Crippen LogP contribution is 2.33. The standard InChI is InChI=1S/C15H22FNO2/c1-14(2)9-17(10-15(3,4)19-14)13-6-5-12(16)7-11(13)8-18/h5-7,18H,8-10H2,1-4H3. The maximum atomic E-state index is 13.3. The van der Waals surface area contributed by atoms with Crippen molar-refractivity contribution >= 4 is 5.69 Å². The van der Waals surface area contributed by atoms with Gasteiger partial charge in [-0.05, 0) is 45.9 Å². The van der Waals surface area contributed by atoms with Gasteiger partial charge in [-0.2, -0.15) is 0 Å². The molecular weight excluding hydrogens is 245 g/mol. The molecule has 0 aromatic heterocycles. The van der Waals surface area contributed by atoms with E-state index in [-0.39, 0.29) is 23.6 Å². The summed E-state index contributed by atoms with van der Waals surface area (Å²) in [5.41, 5.74) is 0.952. The zero-order valence-electron chi connectivity index (χ0n) is 12.0. The molecule has 1 saturated heterocycles. The molecule has 0 saturated carbocycles. The van der Waals surface area contributed by atoms with E-state index in [9.17, 15) is 9.50 Å². The highest BCUT2D eigenvalue weighted by molar-refractivity contribution is 5.54. The van der Waals surface area contributed by atoms with Crippen molar-refractivity contribution in [2.24, 2.45) is 0 Å². The second-order valence-electron chi connectivity index (χ2n) is 6.41. The Balaban J connectivity index is 2.35. The Kier molecular flexibility index (Phi) is 3.58. The number of halogens is 1. The van der Waals surface area contributed by atoms with Crippen LogP contribution in [0.2, 0.25) is 0 Å². The van der Waals surface area contributed by atoms with Gasteiger partial charge in [0.1, 0.15) is 5.82 Å². The van der Waals surface area contributed by atoms with Gasteiger partial charge < -0.3 is 14.7 Å². The molecular formula is C15H22FNO2. The molecule has 3 nitrogen and oxygen atoms in total. The molecule has 1 heterocycles. The van der Waals surface area contributed by atoms with E-state index in [0.29, 0.717) is 5.56 Å². The van der Waals surface area contributed by atoms with Crippen LogP contribution < -0.4 is 4.90 Å². The minimum absolute atomic E-state index is 0.161. The number of rotatable bonds is 2. The van der Waals surface area contributed by atoms with Gasteiger partial charge in [-0.3, -0.25) is 0 Å². The fourth-order valence-corrected chi connectivity index (χ4v) is 2.95. The lowest BCUT2D eigenvalue weighted by molar-refractivity contribution is -0.133. The number of benzene rings is 1. The van der Waals surface area contributed by atoms with Crippen molar-refractivity contribution in [1.82, 2.24) is 0 Å². The van der Waals surface area contributed by atoms with Crippen LogP contribution in [0, 0.1) is 5.82 Å². The van der Waals surface area contributed by atoms with Gasteiger partial charge in [0.05, 0.1) is 17.8 Å². The van der Waals surface area contributed by atoms with E-state index >= 15 is 0 Å². The predicted octanol–water partition coefficient (Wildman–Crippen LogP) is 2.71. The summed E-state index contributed by atoms with van der Waals surface area (Å²) >= 11 is 0. The van der Waals surface area contributed by atoms with E-state index in [4.69, 9.17) is 4.74 Å². The van der Waals surface area contributed by atoms with Crippen LogP contribution >= 0.6 is 0 Å². The maximum absolute atomic E-state index is 13.3. The topological polar surface area (TPSA) is 32.7 Å². The number of ether oxygens (including phenoxy) is 1. The highest BCUT2D eigenvalue weighted by atomic mass is 19.1. The van der Waals surface area contributed by atoms with E-state index in [1.54, 1.807) is 6.07 Å². The monoisotopic (exact) mass is 267 g/mol. The molecule has 0 aliphatic carbocycles. The lowest BCUT2D eigenvalue weighted by Crippen LogP contribution is -2.57. The molecule has 1 fully saturated rings. The molecule has 19 heavy (non-hydrogen) atoms. The maximum Gasteiger partial charge on any atom is 0.123 e. The van der Waals surface area contributed by atoms with Crippen LogP contribution in [-0.2, 0) is 11.3 Å². The van der Waals surface area contributed by atoms with Crippen molar-refractivity contribution in [2.45, 2.75) is 45.5 Å². The van der Waals surface area contributed by atoms with Gasteiger partial charge in [0.15, 0.2) is 0 Å². The van der Waals surface area contributed by atoms with E-state index in [1.807, 2.05) is 27.7 Å². The zero-order chi connectivity index (χ0) is 14.3. The second kappa shape index (κ2) is 4.76. The van der Waals surface area contributed by atoms with E-state index in [2.05, 4.69) is 4.90 Å². The zero-order valence-corrected chi connectivity index (χ0v) is 12.0. The quantitative estimate of drug-likeness (QED) is 0.894. The molecule has 0 radical (unpaired) electrons.